The average molecular weight is 401 g/mol. The zero-order valence-corrected chi connectivity index (χ0v) is 16.3. The quantitative estimate of drug-likeness (QED) is 0.710. The van der Waals surface area contributed by atoms with E-state index < -0.39 is 12.5 Å². The Morgan fingerprint density at radius 3 is 2.72 bits per heavy atom. The monoisotopic (exact) mass is 401 g/mol. The van der Waals surface area contributed by atoms with Crippen LogP contribution in [0.25, 0.3) is 16.9 Å². The molecule has 1 amide bonds. The maximum absolute atomic E-state index is 12.9. The lowest BCUT2D eigenvalue weighted by Crippen LogP contribution is -2.43. The minimum Gasteiger partial charge on any atom is -0.434 e. The summed E-state index contributed by atoms with van der Waals surface area (Å²) in [6.07, 6.45) is 3.59. The van der Waals surface area contributed by atoms with Crippen LogP contribution in [0.2, 0.25) is 0 Å². The second-order valence-electron chi connectivity index (χ2n) is 7.46. The van der Waals surface area contributed by atoms with E-state index in [1.165, 1.54) is 13.1 Å². The Hall–Kier alpha value is -3.00. The number of hydrogen-bond acceptors (Lipinski definition) is 4. The smallest absolute Gasteiger partial charge is 0.387 e. The highest BCUT2D eigenvalue weighted by molar-refractivity contribution is 5.99. The predicted molar refractivity (Wildman–Crippen MR) is 104 cm³/mol. The molecule has 0 spiro atoms. The molecule has 1 N–H and O–H groups in total. The van der Waals surface area contributed by atoms with Crippen LogP contribution in [-0.4, -0.2) is 42.2 Å². The van der Waals surface area contributed by atoms with Gasteiger partial charge in [-0.3, -0.25) is 9.20 Å². The fourth-order valence-electron chi connectivity index (χ4n) is 3.65. The number of fused-ring (bicyclic) bond motifs is 1. The van der Waals surface area contributed by atoms with Crippen LogP contribution < -0.4 is 10.1 Å². The average Bonchev–Trinajstić information content (AvgIpc) is 3.08. The van der Waals surface area contributed by atoms with Crippen molar-refractivity contribution in [3.05, 3.63) is 53.3 Å². The molecule has 29 heavy (non-hydrogen) atoms. The second kappa shape index (κ2) is 7.11. The molecule has 3 aromatic rings. The number of amides is 1. The summed E-state index contributed by atoms with van der Waals surface area (Å²) in [5.41, 5.74) is 3.83. The number of carbonyl (C=O) groups excluding carboxylic acids is 1. The summed E-state index contributed by atoms with van der Waals surface area (Å²) in [4.78, 5) is 16.6. The number of alkyl halides is 2. The Bertz CT molecular complexity index is 1090. The topological polar surface area (TPSA) is 64.9 Å². The SMILES string of the molecule is CNC(=O)c1c(C)cc(-c2cnc3cc(C4(C)COC4)ccn23)cc1OC(F)F. The zero-order valence-electron chi connectivity index (χ0n) is 16.3. The number of rotatable bonds is 5. The summed E-state index contributed by atoms with van der Waals surface area (Å²) in [5.74, 6) is -0.650. The van der Waals surface area contributed by atoms with Crippen molar-refractivity contribution in [3.63, 3.8) is 0 Å². The molecule has 4 rings (SSSR count). The van der Waals surface area contributed by atoms with Crippen LogP contribution in [0.3, 0.4) is 0 Å². The number of carbonyl (C=O) groups is 1. The molecule has 152 valence electrons. The van der Waals surface area contributed by atoms with E-state index in [4.69, 9.17) is 4.74 Å². The Morgan fingerprint density at radius 1 is 1.34 bits per heavy atom. The van der Waals surface area contributed by atoms with Crippen LogP contribution in [0.15, 0.2) is 36.7 Å². The normalized spacial score (nSPS) is 15.4. The lowest BCUT2D eigenvalue weighted by Gasteiger charge is -2.38. The molecule has 1 saturated heterocycles. The van der Waals surface area contributed by atoms with Crippen LogP contribution in [0.1, 0.15) is 28.4 Å². The third-order valence-electron chi connectivity index (χ3n) is 5.32. The molecule has 1 aliphatic heterocycles. The summed E-state index contributed by atoms with van der Waals surface area (Å²) in [6.45, 7) is 2.13. The predicted octanol–water partition coefficient (Wildman–Crippen LogP) is 3.56. The van der Waals surface area contributed by atoms with Gasteiger partial charge in [0.25, 0.3) is 5.91 Å². The van der Waals surface area contributed by atoms with E-state index in [2.05, 4.69) is 22.0 Å². The van der Waals surface area contributed by atoms with E-state index in [1.54, 1.807) is 19.2 Å². The van der Waals surface area contributed by atoms with Gasteiger partial charge in [0.15, 0.2) is 0 Å². The fourth-order valence-corrected chi connectivity index (χ4v) is 3.65. The van der Waals surface area contributed by atoms with Gasteiger partial charge in [-0.15, -0.1) is 0 Å². The van der Waals surface area contributed by atoms with Crippen molar-refractivity contribution >= 4 is 11.6 Å². The molecule has 8 heteroatoms. The van der Waals surface area contributed by atoms with Gasteiger partial charge >= 0.3 is 6.61 Å². The van der Waals surface area contributed by atoms with Gasteiger partial charge in [-0.1, -0.05) is 6.92 Å². The molecule has 1 aromatic carbocycles. The first-order chi connectivity index (χ1) is 13.8. The van der Waals surface area contributed by atoms with E-state index in [9.17, 15) is 13.6 Å². The van der Waals surface area contributed by atoms with Gasteiger partial charge in [-0.25, -0.2) is 4.98 Å². The molecule has 1 aliphatic rings. The molecular formula is C21H21F2N3O3. The second-order valence-corrected chi connectivity index (χ2v) is 7.46. The van der Waals surface area contributed by atoms with Crippen LogP contribution in [0.4, 0.5) is 8.78 Å². The molecule has 0 aliphatic carbocycles. The van der Waals surface area contributed by atoms with Gasteiger partial charge in [0.05, 0.1) is 30.7 Å². The minimum absolute atomic E-state index is 0.0160. The van der Waals surface area contributed by atoms with Crippen molar-refractivity contribution in [3.8, 4) is 17.0 Å². The Morgan fingerprint density at radius 2 is 2.10 bits per heavy atom. The third kappa shape index (κ3) is 3.33. The molecule has 1 fully saturated rings. The summed E-state index contributed by atoms with van der Waals surface area (Å²) in [7, 11) is 1.44. The Labute approximate surface area is 166 Å². The van der Waals surface area contributed by atoms with E-state index in [0.29, 0.717) is 30.0 Å². The van der Waals surface area contributed by atoms with Gasteiger partial charge in [0, 0.05) is 24.2 Å². The number of benzene rings is 1. The molecule has 0 bridgehead atoms. The maximum Gasteiger partial charge on any atom is 0.387 e. The van der Waals surface area contributed by atoms with Crippen molar-refractivity contribution in [2.45, 2.75) is 25.9 Å². The lowest BCUT2D eigenvalue weighted by molar-refractivity contribution is -0.0501. The molecule has 0 radical (unpaired) electrons. The van der Waals surface area contributed by atoms with Gasteiger partial charge in [-0.05, 0) is 42.3 Å². The number of aryl methyl sites for hydroxylation is 1. The van der Waals surface area contributed by atoms with Gasteiger partial charge in [0.2, 0.25) is 0 Å². The molecule has 0 saturated carbocycles. The maximum atomic E-state index is 12.9. The van der Waals surface area contributed by atoms with E-state index in [0.717, 1.165) is 11.2 Å². The molecule has 2 aromatic heterocycles. The number of nitrogens with one attached hydrogen (secondary N) is 1. The van der Waals surface area contributed by atoms with E-state index in [-0.39, 0.29) is 16.7 Å². The summed E-state index contributed by atoms with van der Waals surface area (Å²) < 4.78 is 37.8. The largest absolute Gasteiger partial charge is 0.434 e. The molecular weight excluding hydrogens is 380 g/mol. The molecule has 6 nitrogen and oxygen atoms in total. The van der Waals surface area contributed by atoms with E-state index >= 15 is 0 Å². The van der Waals surface area contributed by atoms with Crippen LogP contribution in [0.5, 0.6) is 5.75 Å². The first kappa shape index (κ1) is 19.3. The number of halogens is 2. The summed E-state index contributed by atoms with van der Waals surface area (Å²) in [6, 6.07) is 7.24. The highest BCUT2D eigenvalue weighted by atomic mass is 19.3. The third-order valence-corrected chi connectivity index (χ3v) is 5.32. The highest BCUT2D eigenvalue weighted by Crippen LogP contribution is 2.35. The van der Waals surface area contributed by atoms with Crippen molar-refractivity contribution in [2.75, 3.05) is 20.3 Å². The number of pyridine rings is 1. The number of aromatic nitrogens is 2. The Balaban J connectivity index is 1.81. The number of imidazole rings is 1. The van der Waals surface area contributed by atoms with E-state index in [1.807, 2.05) is 22.7 Å². The van der Waals surface area contributed by atoms with Crippen LogP contribution in [-0.2, 0) is 10.2 Å². The standard InChI is InChI=1S/C21H21F2N3O3/c1-12-6-13(7-16(29-20(22)23)18(12)19(27)24-3)15-9-25-17-8-14(4-5-26(15)17)21(2)10-28-11-21/h4-9,20H,10-11H2,1-3H3,(H,24,27). The fraction of sp³-hybridized carbons (Fsp3) is 0.333. The zero-order chi connectivity index (χ0) is 20.8. The van der Waals surface area contributed by atoms with Crippen molar-refractivity contribution in [2.24, 2.45) is 0 Å². The number of hydrogen-bond donors (Lipinski definition) is 1. The first-order valence-electron chi connectivity index (χ1n) is 9.19. The minimum atomic E-state index is -3.04. The number of ether oxygens (including phenoxy) is 2. The lowest BCUT2D eigenvalue weighted by atomic mass is 9.81. The van der Waals surface area contributed by atoms with Crippen molar-refractivity contribution in [1.29, 1.82) is 0 Å². The summed E-state index contributed by atoms with van der Waals surface area (Å²) >= 11 is 0. The van der Waals surface area contributed by atoms with Crippen LogP contribution in [0, 0.1) is 6.92 Å². The van der Waals surface area contributed by atoms with Gasteiger partial charge in [-0.2, -0.15) is 8.78 Å². The molecule has 3 heterocycles. The van der Waals surface area contributed by atoms with Crippen molar-refractivity contribution in [1.82, 2.24) is 14.7 Å². The summed E-state index contributed by atoms with van der Waals surface area (Å²) in [5, 5.41) is 2.46. The first-order valence-corrected chi connectivity index (χ1v) is 9.19. The molecule has 0 unspecified atom stereocenters. The van der Waals surface area contributed by atoms with Gasteiger partial charge in [0.1, 0.15) is 11.4 Å². The Kier molecular flexibility index (Phi) is 4.74. The highest BCUT2D eigenvalue weighted by Gasteiger charge is 2.35. The number of nitrogens with zero attached hydrogens (tertiary/aromatic N) is 2. The van der Waals surface area contributed by atoms with Crippen molar-refractivity contribution < 1.29 is 23.0 Å². The van der Waals surface area contributed by atoms with Crippen LogP contribution >= 0.6 is 0 Å². The molecule has 0 atom stereocenters. The van der Waals surface area contributed by atoms with Gasteiger partial charge < -0.3 is 14.8 Å².